The molecule has 0 aromatic carbocycles. The molecule has 0 saturated heterocycles. The predicted molar refractivity (Wildman–Crippen MR) is 71.8 cm³/mol. The first-order valence-electron chi connectivity index (χ1n) is 5.89. The Balaban J connectivity index is 1.98. The number of nitrogens with zero attached hydrogens (tertiary/aromatic N) is 1. The highest BCUT2D eigenvalue weighted by atomic mass is 32.2. The molecule has 0 aliphatic heterocycles. The second kappa shape index (κ2) is 5.43. The van der Waals surface area contributed by atoms with Gasteiger partial charge < -0.3 is 11.1 Å². The van der Waals surface area contributed by atoms with Gasteiger partial charge in [-0.05, 0) is 24.7 Å². The monoisotopic (exact) mass is 237 g/mol. The second-order valence-corrected chi connectivity index (χ2v) is 5.66. The minimum atomic E-state index is 0.586. The van der Waals surface area contributed by atoms with Gasteiger partial charge in [-0.25, -0.2) is 4.98 Å². The third-order valence-corrected chi connectivity index (χ3v) is 4.29. The number of anilines is 2. The first-order chi connectivity index (χ1) is 7.79. The number of nitrogens with two attached hydrogens (primary N) is 1. The summed E-state index contributed by atoms with van der Waals surface area (Å²) in [4.78, 5) is 4.00. The Labute approximate surface area is 101 Å². The molecular weight excluding hydrogens is 218 g/mol. The number of nitrogens with one attached hydrogen (secondary N) is 1. The number of hydrogen-bond donors (Lipinski definition) is 2. The molecule has 1 aromatic heterocycles. The molecule has 4 heteroatoms. The number of hydrogen-bond acceptors (Lipinski definition) is 4. The second-order valence-electron chi connectivity index (χ2n) is 4.14. The van der Waals surface area contributed by atoms with Crippen molar-refractivity contribution in [2.24, 2.45) is 0 Å². The minimum Gasteiger partial charge on any atom is -0.384 e. The van der Waals surface area contributed by atoms with Crippen molar-refractivity contribution in [3.05, 3.63) is 18.3 Å². The van der Waals surface area contributed by atoms with E-state index in [1.165, 1.54) is 25.0 Å². The van der Waals surface area contributed by atoms with Crippen molar-refractivity contribution < 1.29 is 0 Å². The van der Waals surface area contributed by atoms with E-state index in [0.29, 0.717) is 11.9 Å². The molecule has 2 rings (SSSR count). The molecule has 1 aromatic rings. The molecule has 1 aliphatic rings. The van der Waals surface area contributed by atoms with Crippen LogP contribution in [-0.4, -0.2) is 22.0 Å². The van der Waals surface area contributed by atoms with Crippen molar-refractivity contribution >= 4 is 23.3 Å². The first kappa shape index (κ1) is 11.6. The molecule has 1 heterocycles. The van der Waals surface area contributed by atoms with Crippen molar-refractivity contribution in [2.75, 3.05) is 16.8 Å². The first-order valence-corrected chi connectivity index (χ1v) is 6.94. The maximum atomic E-state index is 5.67. The summed E-state index contributed by atoms with van der Waals surface area (Å²) in [7, 11) is 0. The SMILES string of the molecule is CCSC1CCCC1Nc1ccnc(N)c1. The van der Waals surface area contributed by atoms with Crippen molar-refractivity contribution in [3.63, 3.8) is 0 Å². The zero-order valence-corrected chi connectivity index (χ0v) is 10.5. The number of nitrogen functional groups attached to an aromatic ring is 1. The highest BCUT2D eigenvalue weighted by Gasteiger charge is 2.26. The van der Waals surface area contributed by atoms with Crippen LogP contribution in [0.25, 0.3) is 0 Å². The summed E-state index contributed by atoms with van der Waals surface area (Å²) >= 11 is 2.06. The van der Waals surface area contributed by atoms with Gasteiger partial charge in [0.1, 0.15) is 5.82 Å². The van der Waals surface area contributed by atoms with E-state index in [1.54, 1.807) is 6.20 Å². The fourth-order valence-electron chi connectivity index (χ4n) is 2.26. The Bertz CT molecular complexity index is 343. The molecule has 0 spiro atoms. The van der Waals surface area contributed by atoms with Gasteiger partial charge in [0, 0.05) is 29.2 Å². The molecule has 0 bridgehead atoms. The molecule has 0 amide bonds. The number of pyridine rings is 1. The van der Waals surface area contributed by atoms with Gasteiger partial charge in [-0.15, -0.1) is 0 Å². The van der Waals surface area contributed by atoms with Gasteiger partial charge in [0.25, 0.3) is 0 Å². The van der Waals surface area contributed by atoms with Crippen LogP contribution in [0.15, 0.2) is 18.3 Å². The van der Waals surface area contributed by atoms with Crippen LogP contribution in [0.2, 0.25) is 0 Å². The summed E-state index contributed by atoms with van der Waals surface area (Å²) < 4.78 is 0. The predicted octanol–water partition coefficient (Wildman–Crippen LogP) is 2.75. The van der Waals surface area contributed by atoms with Gasteiger partial charge in [-0.1, -0.05) is 13.3 Å². The maximum absolute atomic E-state index is 5.67. The summed E-state index contributed by atoms with van der Waals surface area (Å²) in [5, 5.41) is 4.33. The van der Waals surface area contributed by atoms with Gasteiger partial charge in [-0.3, -0.25) is 0 Å². The van der Waals surface area contributed by atoms with Crippen LogP contribution in [-0.2, 0) is 0 Å². The zero-order chi connectivity index (χ0) is 11.4. The standard InChI is InChI=1S/C12H19N3S/c1-2-16-11-5-3-4-10(11)15-9-6-7-14-12(13)8-9/h6-8,10-11H,2-5H2,1H3,(H3,13,14,15). The van der Waals surface area contributed by atoms with E-state index in [9.17, 15) is 0 Å². The maximum Gasteiger partial charge on any atom is 0.125 e. The quantitative estimate of drug-likeness (QED) is 0.845. The summed E-state index contributed by atoms with van der Waals surface area (Å²) in [5.41, 5.74) is 6.77. The number of thioether (sulfide) groups is 1. The Morgan fingerprint density at radius 3 is 3.19 bits per heavy atom. The highest BCUT2D eigenvalue weighted by molar-refractivity contribution is 7.99. The normalized spacial score (nSPS) is 24.6. The van der Waals surface area contributed by atoms with Crippen LogP contribution in [0.1, 0.15) is 26.2 Å². The zero-order valence-electron chi connectivity index (χ0n) is 9.65. The van der Waals surface area contributed by atoms with Gasteiger partial charge >= 0.3 is 0 Å². The lowest BCUT2D eigenvalue weighted by Gasteiger charge is -2.21. The summed E-state index contributed by atoms with van der Waals surface area (Å²) in [6.45, 7) is 2.23. The lowest BCUT2D eigenvalue weighted by molar-refractivity contribution is 0.767. The van der Waals surface area contributed by atoms with E-state index < -0.39 is 0 Å². The van der Waals surface area contributed by atoms with E-state index in [4.69, 9.17) is 5.73 Å². The lowest BCUT2D eigenvalue weighted by Crippen LogP contribution is -2.26. The van der Waals surface area contributed by atoms with E-state index >= 15 is 0 Å². The van der Waals surface area contributed by atoms with Crippen LogP contribution in [0, 0.1) is 0 Å². The fourth-order valence-corrected chi connectivity index (χ4v) is 3.45. The molecule has 16 heavy (non-hydrogen) atoms. The fraction of sp³-hybridized carbons (Fsp3) is 0.583. The van der Waals surface area contributed by atoms with Crippen molar-refractivity contribution in [2.45, 2.75) is 37.5 Å². The lowest BCUT2D eigenvalue weighted by atomic mass is 10.2. The summed E-state index contributed by atoms with van der Waals surface area (Å²) in [5.74, 6) is 1.78. The van der Waals surface area contributed by atoms with E-state index in [0.717, 1.165) is 10.9 Å². The smallest absolute Gasteiger partial charge is 0.125 e. The van der Waals surface area contributed by atoms with Gasteiger partial charge in [-0.2, -0.15) is 11.8 Å². The van der Waals surface area contributed by atoms with E-state index in [-0.39, 0.29) is 0 Å². The molecule has 0 radical (unpaired) electrons. The highest BCUT2D eigenvalue weighted by Crippen LogP contribution is 2.32. The van der Waals surface area contributed by atoms with Crippen LogP contribution in [0.3, 0.4) is 0 Å². The number of aromatic nitrogens is 1. The Kier molecular flexibility index (Phi) is 3.93. The average Bonchev–Trinajstić information content (AvgIpc) is 2.66. The van der Waals surface area contributed by atoms with Crippen LogP contribution in [0.4, 0.5) is 11.5 Å². The van der Waals surface area contributed by atoms with Gasteiger partial charge in [0.15, 0.2) is 0 Å². The molecular formula is C12H19N3S. The van der Waals surface area contributed by atoms with Crippen LogP contribution < -0.4 is 11.1 Å². The van der Waals surface area contributed by atoms with Crippen molar-refractivity contribution in [1.29, 1.82) is 0 Å². The molecule has 3 nitrogen and oxygen atoms in total. The Morgan fingerprint density at radius 2 is 2.44 bits per heavy atom. The van der Waals surface area contributed by atoms with E-state index in [2.05, 4.69) is 29.0 Å². The van der Waals surface area contributed by atoms with Gasteiger partial charge in [0.2, 0.25) is 0 Å². The molecule has 2 atom stereocenters. The summed E-state index contributed by atoms with van der Waals surface area (Å²) in [6, 6.07) is 4.49. The summed E-state index contributed by atoms with van der Waals surface area (Å²) in [6.07, 6.45) is 5.68. The Morgan fingerprint density at radius 1 is 1.56 bits per heavy atom. The Hall–Kier alpha value is -0.900. The molecule has 2 unspecified atom stereocenters. The third kappa shape index (κ3) is 2.82. The molecule has 1 saturated carbocycles. The molecule has 1 fully saturated rings. The number of rotatable bonds is 4. The van der Waals surface area contributed by atoms with E-state index in [1.807, 2.05) is 12.1 Å². The molecule has 3 N–H and O–H groups in total. The average molecular weight is 237 g/mol. The third-order valence-electron chi connectivity index (χ3n) is 2.97. The van der Waals surface area contributed by atoms with Crippen LogP contribution in [0.5, 0.6) is 0 Å². The largest absolute Gasteiger partial charge is 0.384 e. The van der Waals surface area contributed by atoms with Crippen molar-refractivity contribution in [3.8, 4) is 0 Å². The molecule has 1 aliphatic carbocycles. The van der Waals surface area contributed by atoms with Crippen LogP contribution >= 0.6 is 11.8 Å². The topological polar surface area (TPSA) is 50.9 Å². The minimum absolute atomic E-state index is 0.586. The van der Waals surface area contributed by atoms with Gasteiger partial charge in [0.05, 0.1) is 0 Å². The van der Waals surface area contributed by atoms with Crippen molar-refractivity contribution in [1.82, 2.24) is 4.98 Å². The molecule has 88 valence electrons.